The van der Waals surface area contributed by atoms with Crippen LogP contribution in [0, 0.1) is 0 Å². The summed E-state index contributed by atoms with van der Waals surface area (Å²) in [5, 5.41) is 3.32. The Morgan fingerprint density at radius 1 is 1.53 bits per heavy atom. The lowest BCUT2D eigenvalue weighted by molar-refractivity contribution is 0.242. The van der Waals surface area contributed by atoms with Crippen molar-refractivity contribution in [3.8, 4) is 0 Å². The third kappa shape index (κ3) is 2.12. The second-order valence-electron chi connectivity index (χ2n) is 4.49. The molecule has 1 aliphatic rings. The van der Waals surface area contributed by atoms with Crippen LogP contribution in [0.15, 0.2) is 24.1 Å². The summed E-state index contributed by atoms with van der Waals surface area (Å²) >= 11 is 1.77. The predicted octanol–water partition coefficient (Wildman–Crippen LogP) is 2.21. The van der Waals surface area contributed by atoms with Gasteiger partial charge >= 0.3 is 0 Å². The van der Waals surface area contributed by atoms with E-state index in [0.29, 0.717) is 6.04 Å². The van der Waals surface area contributed by atoms with Crippen molar-refractivity contribution in [3.05, 3.63) is 34.8 Å². The molecule has 0 aromatic carbocycles. The topological polar surface area (TPSA) is 34.0 Å². The highest BCUT2D eigenvalue weighted by atomic mass is 32.1. The fourth-order valence-corrected chi connectivity index (χ4v) is 3.25. The van der Waals surface area contributed by atoms with E-state index in [9.17, 15) is 0 Å². The second kappa shape index (κ2) is 4.58. The van der Waals surface area contributed by atoms with Crippen molar-refractivity contribution in [2.24, 2.45) is 7.05 Å². The second-order valence-corrected chi connectivity index (χ2v) is 5.42. The van der Waals surface area contributed by atoms with Gasteiger partial charge in [0.2, 0.25) is 0 Å². The van der Waals surface area contributed by atoms with E-state index < -0.39 is 0 Å². The van der Waals surface area contributed by atoms with Gasteiger partial charge in [0, 0.05) is 31.4 Å². The Kier molecular flexibility index (Phi) is 2.94. The third-order valence-electron chi connectivity index (χ3n) is 3.38. The number of hydrogen-bond donors (Lipinski definition) is 0. The lowest BCUT2D eigenvalue weighted by Gasteiger charge is -2.22. The Hall–Kier alpha value is -1.20. The molecule has 17 heavy (non-hydrogen) atoms. The van der Waals surface area contributed by atoms with Crippen LogP contribution < -0.4 is 0 Å². The summed E-state index contributed by atoms with van der Waals surface area (Å²) in [5.41, 5.74) is 1.27. The van der Waals surface area contributed by atoms with Crippen molar-refractivity contribution in [2.75, 3.05) is 6.54 Å². The van der Waals surface area contributed by atoms with Crippen LogP contribution in [0.2, 0.25) is 0 Å². The number of aryl methyl sites for hydroxylation is 1. The lowest BCUT2D eigenvalue weighted by Crippen LogP contribution is -2.23. The Bertz CT molecular complexity index is 476. The highest BCUT2D eigenvalue weighted by Crippen LogP contribution is 2.33. The van der Waals surface area contributed by atoms with Gasteiger partial charge in [0.15, 0.2) is 0 Å². The van der Waals surface area contributed by atoms with Gasteiger partial charge in [-0.15, -0.1) is 11.3 Å². The van der Waals surface area contributed by atoms with Crippen LogP contribution in [0.3, 0.4) is 0 Å². The molecule has 0 aliphatic carbocycles. The van der Waals surface area contributed by atoms with Crippen LogP contribution in [-0.4, -0.2) is 26.0 Å². The molecule has 3 rings (SSSR count). The number of imidazole rings is 1. The van der Waals surface area contributed by atoms with Crippen LogP contribution in [0.4, 0.5) is 0 Å². The molecular formula is C12H16N4S. The first-order valence-corrected chi connectivity index (χ1v) is 6.81. The molecule has 4 nitrogen and oxygen atoms in total. The highest BCUT2D eigenvalue weighted by molar-refractivity contribution is 7.09. The van der Waals surface area contributed by atoms with Crippen LogP contribution >= 0.6 is 11.3 Å². The first kappa shape index (κ1) is 10.9. The van der Waals surface area contributed by atoms with Gasteiger partial charge in [-0.25, -0.2) is 9.97 Å². The molecule has 3 heterocycles. The molecule has 0 bridgehead atoms. The van der Waals surface area contributed by atoms with Crippen LogP contribution in [0.5, 0.6) is 0 Å². The molecular weight excluding hydrogens is 232 g/mol. The fraction of sp³-hybridized carbons (Fsp3) is 0.500. The number of hydrogen-bond acceptors (Lipinski definition) is 4. The quantitative estimate of drug-likeness (QED) is 0.835. The normalized spacial score (nSPS) is 21.1. The number of nitrogens with zero attached hydrogens (tertiary/aromatic N) is 4. The third-order valence-corrected chi connectivity index (χ3v) is 4.26. The van der Waals surface area contributed by atoms with Gasteiger partial charge in [0.05, 0.1) is 18.1 Å². The predicted molar refractivity (Wildman–Crippen MR) is 67.7 cm³/mol. The average Bonchev–Trinajstić information content (AvgIpc) is 3.02. The van der Waals surface area contributed by atoms with Gasteiger partial charge in [0.25, 0.3) is 0 Å². The maximum Gasteiger partial charge on any atom is 0.110 e. The zero-order valence-electron chi connectivity index (χ0n) is 9.91. The van der Waals surface area contributed by atoms with Crippen LogP contribution in [-0.2, 0) is 13.6 Å². The minimum absolute atomic E-state index is 0.505. The van der Waals surface area contributed by atoms with Gasteiger partial charge in [-0.1, -0.05) is 0 Å². The van der Waals surface area contributed by atoms with Crippen LogP contribution in [0.1, 0.15) is 29.6 Å². The maximum atomic E-state index is 4.45. The molecule has 1 fully saturated rings. The highest BCUT2D eigenvalue weighted by Gasteiger charge is 2.28. The van der Waals surface area contributed by atoms with E-state index in [4.69, 9.17) is 0 Å². The van der Waals surface area contributed by atoms with Gasteiger partial charge in [-0.05, 0) is 19.4 Å². The molecule has 5 heteroatoms. The van der Waals surface area contributed by atoms with E-state index in [1.54, 1.807) is 11.3 Å². The number of rotatable bonds is 3. The minimum atomic E-state index is 0.505. The molecule has 1 saturated heterocycles. The Morgan fingerprint density at radius 3 is 3.18 bits per heavy atom. The molecule has 1 aliphatic heterocycles. The smallest absolute Gasteiger partial charge is 0.110 e. The van der Waals surface area contributed by atoms with Gasteiger partial charge in [-0.3, -0.25) is 4.90 Å². The summed E-state index contributed by atoms with van der Waals surface area (Å²) < 4.78 is 2.09. The maximum absolute atomic E-state index is 4.45. The summed E-state index contributed by atoms with van der Waals surface area (Å²) in [6.45, 7) is 2.14. The number of likely N-dealkylation sites (tertiary alicyclic amines) is 1. The zero-order chi connectivity index (χ0) is 11.7. The van der Waals surface area contributed by atoms with Gasteiger partial charge < -0.3 is 4.57 Å². The SMILES string of the molecule is Cn1cncc1CN1CCC[C@@H]1c1nccs1. The molecule has 0 radical (unpaired) electrons. The Labute approximate surface area is 105 Å². The first-order valence-electron chi connectivity index (χ1n) is 5.93. The summed E-state index contributed by atoms with van der Waals surface area (Å²) in [6.07, 6.45) is 8.22. The van der Waals surface area contributed by atoms with E-state index in [-0.39, 0.29) is 0 Å². The molecule has 0 N–H and O–H groups in total. The lowest BCUT2D eigenvalue weighted by atomic mass is 10.2. The molecule has 2 aromatic rings. The molecule has 90 valence electrons. The van der Waals surface area contributed by atoms with Gasteiger partial charge in [-0.2, -0.15) is 0 Å². The fourth-order valence-electron chi connectivity index (χ4n) is 2.44. The van der Waals surface area contributed by atoms with Crippen LogP contribution in [0.25, 0.3) is 0 Å². The monoisotopic (exact) mass is 248 g/mol. The van der Waals surface area contributed by atoms with Crippen molar-refractivity contribution in [1.29, 1.82) is 0 Å². The Balaban J connectivity index is 1.77. The van der Waals surface area contributed by atoms with Crippen molar-refractivity contribution in [3.63, 3.8) is 0 Å². The zero-order valence-corrected chi connectivity index (χ0v) is 10.7. The molecule has 0 saturated carbocycles. The van der Waals surface area contributed by atoms with E-state index in [0.717, 1.165) is 13.1 Å². The average molecular weight is 248 g/mol. The minimum Gasteiger partial charge on any atom is -0.337 e. The standard InChI is InChI=1S/C12H16N4S/c1-15-9-13-7-10(15)8-16-5-2-3-11(16)12-14-4-6-17-12/h4,6-7,9,11H,2-3,5,8H2,1H3/t11-/m1/s1. The molecule has 0 spiro atoms. The first-order chi connectivity index (χ1) is 8.34. The van der Waals surface area contributed by atoms with Crippen molar-refractivity contribution < 1.29 is 0 Å². The molecule has 2 aromatic heterocycles. The van der Waals surface area contributed by atoms with Gasteiger partial charge in [0.1, 0.15) is 5.01 Å². The molecule has 0 unspecified atom stereocenters. The summed E-state index contributed by atoms with van der Waals surface area (Å²) in [7, 11) is 2.05. The number of aromatic nitrogens is 3. The van der Waals surface area contributed by atoms with E-state index >= 15 is 0 Å². The van der Waals surface area contributed by atoms with E-state index in [2.05, 4.69) is 31.9 Å². The summed E-state index contributed by atoms with van der Waals surface area (Å²) in [4.78, 5) is 11.1. The Morgan fingerprint density at radius 2 is 2.47 bits per heavy atom. The van der Waals surface area contributed by atoms with Crippen molar-refractivity contribution in [2.45, 2.75) is 25.4 Å². The summed E-state index contributed by atoms with van der Waals surface area (Å²) in [6, 6.07) is 0.505. The summed E-state index contributed by atoms with van der Waals surface area (Å²) in [5.74, 6) is 0. The van der Waals surface area contributed by atoms with Crippen molar-refractivity contribution in [1.82, 2.24) is 19.4 Å². The largest absolute Gasteiger partial charge is 0.337 e. The van der Waals surface area contributed by atoms with E-state index in [1.165, 1.54) is 23.5 Å². The molecule has 1 atom stereocenters. The number of thiazole rings is 1. The molecule has 0 amide bonds. The van der Waals surface area contributed by atoms with Crippen molar-refractivity contribution >= 4 is 11.3 Å². The van der Waals surface area contributed by atoms with E-state index in [1.807, 2.05) is 18.7 Å².